The molecule has 45 valence electrons. The Hall–Kier alpha value is -0.154. The van der Waals surface area contributed by atoms with Gasteiger partial charge in [-0.1, -0.05) is 0 Å². The maximum atomic E-state index is 11.9. The van der Waals surface area contributed by atoms with Crippen molar-refractivity contribution in [1.82, 2.24) is 0 Å². The Morgan fingerprint density at radius 2 is 1.56 bits per heavy atom. The van der Waals surface area contributed by atoms with Crippen LogP contribution in [0.1, 0.15) is 0 Å². The SMILES string of the molecule is Fc1c[c]cc(F)c1.[MgH2]. The maximum Gasteiger partial charge on any atom is 0.316 e. The quantitative estimate of drug-likeness (QED) is 0.468. The van der Waals surface area contributed by atoms with Crippen molar-refractivity contribution in [3.8, 4) is 0 Å². The van der Waals surface area contributed by atoms with Crippen LogP contribution in [0, 0.1) is 17.7 Å². The van der Waals surface area contributed by atoms with Crippen LogP contribution in [0.25, 0.3) is 0 Å². The van der Waals surface area contributed by atoms with Crippen molar-refractivity contribution in [2.75, 3.05) is 0 Å². The molecule has 0 aliphatic heterocycles. The highest BCUT2D eigenvalue weighted by molar-refractivity contribution is 5.75. The number of rotatable bonds is 0. The van der Waals surface area contributed by atoms with Gasteiger partial charge >= 0.3 is 23.1 Å². The summed E-state index contributed by atoms with van der Waals surface area (Å²) in [6, 6.07) is 5.23. The first-order chi connectivity index (χ1) is 3.79. The predicted molar refractivity (Wildman–Crippen MR) is 33.7 cm³/mol. The molecule has 0 aromatic heterocycles. The van der Waals surface area contributed by atoms with Gasteiger partial charge in [-0.05, 0) is 18.2 Å². The molecule has 0 saturated heterocycles. The number of hydrogen-bond acceptors (Lipinski definition) is 0. The van der Waals surface area contributed by atoms with E-state index < -0.39 is 11.6 Å². The van der Waals surface area contributed by atoms with E-state index in [-0.39, 0.29) is 23.1 Å². The zero-order valence-corrected chi connectivity index (χ0v) is 3.99. The highest BCUT2D eigenvalue weighted by Gasteiger charge is 1.88. The van der Waals surface area contributed by atoms with Crippen LogP contribution < -0.4 is 0 Å². The molecule has 1 aromatic carbocycles. The molecular formula is C6H5F2Mg. The van der Waals surface area contributed by atoms with Gasteiger partial charge in [-0.2, -0.15) is 0 Å². The molecule has 1 aromatic rings. The van der Waals surface area contributed by atoms with Crippen molar-refractivity contribution >= 4 is 23.1 Å². The molecule has 0 nitrogen and oxygen atoms in total. The summed E-state index contributed by atoms with van der Waals surface area (Å²) in [5.41, 5.74) is 0. The molecule has 1 radical (unpaired) electrons. The van der Waals surface area contributed by atoms with Crippen molar-refractivity contribution < 1.29 is 8.78 Å². The molecule has 0 heterocycles. The lowest BCUT2D eigenvalue weighted by molar-refractivity contribution is 0.583. The number of benzene rings is 1. The average molecular weight is 139 g/mol. The highest BCUT2D eigenvalue weighted by atomic mass is 24.3. The van der Waals surface area contributed by atoms with Crippen molar-refractivity contribution in [2.45, 2.75) is 0 Å². The minimum Gasteiger partial charge on any atom is -0.207 e. The molecule has 0 bridgehead atoms. The van der Waals surface area contributed by atoms with Crippen LogP contribution in [0.4, 0.5) is 8.78 Å². The van der Waals surface area contributed by atoms with Gasteiger partial charge in [-0.25, -0.2) is 8.78 Å². The van der Waals surface area contributed by atoms with E-state index in [1.54, 1.807) is 0 Å². The molecule has 0 aliphatic carbocycles. The summed E-state index contributed by atoms with van der Waals surface area (Å²) in [5.74, 6) is -1.19. The summed E-state index contributed by atoms with van der Waals surface area (Å²) in [7, 11) is 0. The molecule has 0 aliphatic rings. The first kappa shape index (κ1) is 8.85. The third kappa shape index (κ3) is 2.77. The fourth-order valence-corrected chi connectivity index (χ4v) is 0.416. The van der Waals surface area contributed by atoms with E-state index in [1.165, 1.54) is 0 Å². The summed E-state index contributed by atoms with van der Waals surface area (Å²) in [4.78, 5) is 0. The van der Waals surface area contributed by atoms with Gasteiger partial charge in [0.1, 0.15) is 11.6 Å². The summed E-state index contributed by atoms with van der Waals surface area (Å²) in [6.45, 7) is 0. The van der Waals surface area contributed by atoms with Gasteiger partial charge in [-0.15, -0.1) is 0 Å². The summed E-state index contributed by atoms with van der Waals surface area (Å²) in [6.07, 6.45) is 0. The van der Waals surface area contributed by atoms with Crippen molar-refractivity contribution in [3.63, 3.8) is 0 Å². The average Bonchev–Trinajstić information content (AvgIpc) is 1.64. The largest absolute Gasteiger partial charge is 0.316 e. The number of halogens is 2. The summed E-state index contributed by atoms with van der Waals surface area (Å²) < 4.78 is 23.8. The first-order valence-corrected chi connectivity index (χ1v) is 2.11. The minimum absolute atomic E-state index is 0. The summed E-state index contributed by atoms with van der Waals surface area (Å²) in [5, 5.41) is 0. The van der Waals surface area contributed by atoms with Crippen molar-refractivity contribution in [3.05, 3.63) is 35.9 Å². The standard InChI is InChI=1S/C6H3F2.Mg.2H/c7-5-2-1-3-6(8)4-5;;;/h2-4H;;;. The fraction of sp³-hybridized carbons (Fsp3) is 0. The van der Waals surface area contributed by atoms with Gasteiger partial charge in [0.05, 0.1) is 0 Å². The van der Waals surface area contributed by atoms with Gasteiger partial charge in [0.15, 0.2) is 0 Å². The molecule has 0 amide bonds. The highest BCUT2D eigenvalue weighted by Crippen LogP contribution is 1.98. The van der Waals surface area contributed by atoms with Gasteiger partial charge < -0.3 is 0 Å². The second-order valence-corrected chi connectivity index (χ2v) is 1.37. The lowest BCUT2D eigenvalue weighted by atomic mass is 10.3. The smallest absolute Gasteiger partial charge is 0.207 e. The van der Waals surface area contributed by atoms with Crippen molar-refractivity contribution in [1.29, 1.82) is 0 Å². The molecule has 0 saturated carbocycles. The van der Waals surface area contributed by atoms with Crippen LogP contribution in [-0.4, -0.2) is 23.1 Å². The van der Waals surface area contributed by atoms with Crippen LogP contribution in [0.5, 0.6) is 0 Å². The first-order valence-electron chi connectivity index (χ1n) is 2.11. The van der Waals surface area contributed by atoms with Crippen LogP contribution in [0.15, 0.2) is 18.2 Å². The molecule has 9 heavy (non-hydrogen) atoms. The Balaban J connectivity index is 0.000000640. The third-order valence-electron chi connectivity index (χ3n) is 0.718. The minimum atomic E-state index is -0.593. The van der Waals surface area contributed by atoms with E-state index in [0.29, 0.717) is 0 Å². The predicted octanol–water partition coefficient (Wildman–Crippen LogP) is 0.849. The zero-order valence-electron chi connectivity index (χ0n) is 3.99. The van der Waals surface area contributed by atoms with E-state index >= 15 is 0 Å². The normalized spacial score (nSPS) is 8.22. The third-order valence-corrected chi connectivity index (χ3v) is 0.718. The molecule has 0 spiro atoms. The Kier molecular flexibility index (Phi) is 3.73. The van der Waals surface area contributed by atoms with E-state index in [1.807, 2.05) is 0 Å². The molecule has 1 rings (SSSR count). The molecule has 0 fully saturated rings. The van der Waals surface area contributed by atoms with Gasteiger partial charge in [-0.3, -0.25) is 0 Å². The van der Waals surface area contributed by atoms with E-state index in [0.717, 1.165) is 18.2 Å². The lowest BCUT2D eigenvalue weighted by Crippen LogP contribution is -1.74. The Bertz CT molecular complexity index is 171. The molecule has 0 atom stereocenters. The Morgan fingerprint density at radius 1 is 1.11 bits per heavy atom. The molecule has 0 unspecified atom stereocenters. The monoisotopic (exact) mass is 139 g/mol. The van der Waals surface area contributed by atoms with Gasteiger partial charge in [0.2, 0.25) is 0 Å². The Labute approximate surface area is 68.0 Å². The van der Waals surface area contributed by atoms with Crippen molar-refractivity contribution in [2.24, 2.45) is 0 Å². The van der Waals surface area contributed by atoms with Crippen LogP contribution in [0.2, 0.25) is 0 Å². The van der Waals surface area contributed by atoms with E-state index in [9.17, 15) is 8.78 Å². The Morgan fingerprint density at radius 3 is 1.78 bits per heavy atom. The maximum absolute atomic E-state index is 11.9. The van der Waals surface area contributed by atoms with Crippen LogP contribution in [0.3, 0.4) is 0 Å². The molecule has 0 N–H and O–H groups in total. The number of hydrogen-bond donors (Lipinski definition) is 0. The van der Waals surface area contributed by atoms with E-state index in [2.05, 4.69) is 6.07 Å². The zero-order chi connectivity index (χ0) is 5.98. The van der Waals surface area contributed by atoms with Gasteiger partial charge in [0.25, 0.3) is 0 Å². The summed E-state index contributed by atoms with van der Waals surface area (Å²) >= 11 is 0. The van der Waals surface area contributed by atoms with Crippen LogP contribution >= 0.6 is 0 Å². The fourth-order valence-electron chi connectivity index (χ4n) is 0.416. The molecule has 3 heteroatoms. The van der Waals surface area contributed by atoms with E-state index in [4.69, 9.17) is 0 Å². The second-order valence-electron chi connectivity index (χ2n) is 1.37. The topological polar surface area (TPSA) is 0 Å². The second kappa shape index (κ2) is 3.79. The lowest BCUT2D eigenvalue weighted by Gasteiger charge is -1.83. The van der Waals surface area contributed by atoms with Crippen LogP contribution in [-0.2, 0) is 0 Å². The molecular weight excluding hydrogens is 134 g/mol. The van der Waals surface area contributed by atoms with Gasteiger partial charge in [0, 0.05) is 6.07 Å².